The molecule has 7 heteroatoms. The number of thiophene rings is 1. The zero-order chi connectivity index (χ0) is 16.4. The van der Waals surface area contributed by atoms with Crippen molar-refractivity contribution in [1.82, 2.24) is 5.43 Å². The van der Waals surface area contributed by atoms with Crippen molar-refractivity contribution >= 4 is 33.9 Å². The molecule has 6 nitrogen and oxygen atoms in total. The van der Waals surface area contributed by atoms with Gasteiger partial charge in [0, 0.05) is 23.1 Å². The molecule has 1 amide bonds. The minimum atomic E-state index is -0.488. The maximum atomic E-state index is 11.9. The van der Waals surface area contributed by atoms with E-state index in [1.54, 1.807) is 36.6 Å². The van der Waals surface area contributed by atoms with Crippen LogP contribution < -0.4 is 11.1 Å². The molecule has 0 fully saturated rings. The number of hydrogen-bond donors (Lipinski definition) is 2. The number of hydrazone groups is 1. The fraction of sp³-hybridized carbons (Fsp3) is 0.0625. The maximum Gasteiger partial charge on any atom is 0.336 e. The number of phenolic OH excluding ortho intramolecular Hbond substituents is 1. The van der Waals surface area contributed by atoms with E-state index >= 15 is 0 Å². The lowest BCUT2D eigenvalue weighted by molar-refractivity contribution is 0.0959. The maximum absolute atomic E-state index is 11.9. The van der Waals surface area contributed by atoms with Crippen LogP contribution >= 0.6 is 11.3 Å². The van der Waals surface area contributed by atoms with Crippen LogP contribution in [0.1, 0.15) is 22.2 Å². The summed E-state index contributed by atoms with van der Waals surface area (Å²) in [6.45, 7) is 1.66. The predicted octanol–water partition coefficient (Wildman–Crippen LogP) is 2.71. The summed E-state index contributed by atoms with van der Waals surface area (Å²) in [5, 5.41) is 16.5. The topological polar surface area (TPSA) is 91.9 Å². The number of amides is 1. The van der Waals surface area contributed by atoms with Gasteiger partial charge in [-0.2, -0.15) is 5.10 Å². The van der Waals surface area contributed by atoms with Crippen LogP contribution in [0.5, 0.6) is 5.75 Å². The highest BCUT2D eigenvalue weighted by molar-refractivity contribution is 7.12. The number of carbonyl (C=O) groups excluding carboxylic acids is 1. The number of hydrogen-bond acceptors (Lipinski definition) is 6. The zero-order valence-electron chi connectivity index (χ0n) is 12.1. The monoisotopic (exact) mass is 328 g/mol. The summed E-state index contributed by atoms with van der Waals surface area (Å²) < 4.78 is 5.00. The number of aromatic hydroxyl groups is 1. The number of nitrogens with one attached hydrogen (secondary N) is 1. The predicted molar refractivity (Wildman–Crippen MR) is 88.1 cm³/mol. The van der Waals surface area contributed by atoms with Gasteiger partial charge in [-0.05, 0) is 30.5 Å². The lowest BCUT2D eigenvalue weighted by atomic mass is 10.1. The molecule has 3 aromatic rings. The van der Waals surface area contributed by atoms with E-state index in [2.05, 4.69) is 10.5 Å². The summed E-state index contributed by atoms with van der Waals surface area (Å²) in [6.07, 6.45) is 0. The molecule has 1 aromatic carbocycles. The van der Waals surface area contributed by atoms with Crippen molar-refractivity contribution in [2.45, 2.75) is 6.92 Å². The number of carbonyl (C=O) groups is 1. The number of rotatable bonds is 3. The summed E-state index contributed by atoms with van der Waals surface area (Å²) in [5.74, 6) is -0.399. The Bertz CT molecular complexity index is 958. The van der Waals surface area contributed by atoms with E-state index in [1.807, 2.05) is 0 Å². The molecule has 23 heavy (non-hydrogen) atoms. The molecule has 0 unspecified atom stereocenters. The second-order valence-corrected chi connectivity index (χ2v) is 5.72. The summed E-state index contributed by atoms with van der Waals surface area (Å²) >= 11 is 1.31. The van der Waals surface area contributed by atoms with Crippen LogP contribution in [-0.4, -0.2) is 16.7 Å². The third-order valence-corrected chi connectivity index (χ3v) is 4.07. The van der Waals surface area contributed by atoms with E-state index in [0.29, 0.717) is 21.5 Å². The van der Waals surface area contributed by atoms with Crippen molar-refractivity contribution in [2.75, 3.05) is 0 Å². The molecular formula is C16H12N2O4S. The first kappa shape index (κ1) is 15.0. The Morgan fingerprint density at radius 1 is 1.30 bits per heavy atom. The SMILES string of the molecule is C/C(=N\NC(=O)c1cccs1)c1cc2ccc(=O)oc2cc1O. The Labute approximate surface area is 134 Å². The van der Waals surface area contributed by atoms with Crippen LogP contribution in [0.2, 0.25) is 0 Å². The normalized spacial score (nSPS) is 11.6. The first-order valence-electron chi connectivity index (χ1n) is 6.70. The van der Waals surface area contributed by atoms with Crippen LogP contribution in [0.25, 0.3) is 11.0 Å². The van der Waals surface area contributed by atoms with Crippen molar-refractivity contribution in [3.8, 4) is 5.75 Å². The van der Waals surface area contributed by atoms with Gasteiger partial charge in [-0.1, -0.05) is 6.07 Å². The number of fused-ring (bicyclic) bond motifs is 1. The van der Waals surface area contributed by atoms with Gasteiger partial charge >= 0.3 is 5.63 Å². The lowest BCUT2D eigenvalue weighted by Gasteiger charge is -2.06. The van der Waals surface area contributed by atoms with Gasteiger partial charge in [-0.25, -0.2) is 10.2 Å². The van der Waals surface area contributed by atoms with Gasteiger partial charge < -0.3 is 9.52 Å². The number of benzene rings is 1. The molecule has 0 saturated carbocycles. The van der Waals surface area contributed by atoms with E-state index in [-0.39, 0.29) is 17.2 Å². The minimum Gasteiger partial charge on any atom is -0.507 e. The molecule has 0 aliphatic rings. The second kappa shape index (κ2) is 6.05. The zero-order valence-corrected chi connectivity index (χ0v) is 12.9. The summed E-state index contributed by atoms with van der Waals surface area (Å²) in [5.41, 5.74) is 3.11. The third kappa shape index (κ3) is 3.14. The van der Waals surface area contributed by atoms with Gasteiger partial charge in [0.1, 0.15) is 11.3 Å². The highest BCUT2D eigenvalue weighted by Gasteiger charge is 2.10. The molecular weight excluding hydrogens is 316 g/mol. The van der Waals surface area contributed by atoms with E-state index in [4.69, 9.17) is 4.42 Å². The smallest absolute Gasteiger partial charge is 0.336 e. The van der Waals surface area contributed by atoms with Crippen molar-refractivity contribution in [3.05, 3.63) is 62.6 Å². The Hall–Kier alpha value is -2.93. The summed E-state index contributed by atoms with van der Waals surface area (Å²) in [4.78, 5) is 23.6. The molecule has 0 saturated heterocycles. The molecule has 0 bridgehead atoms. The largest absolute Gasteiger partial charge is 0.507 e. The van der Waals surface area contributed by atoms with Crippen LogP contribution in [0.4, 0.5) is 0 Å². The van der Waals surface area contributed by atoms with Crippen LogP contribution in [0, 0.1) is 0 Å². The van der Waals surface area contributed by atoms with Crippen molar-refractivity contribution in [1.29, 1.82) is 0 Å². The van der Waals surface area contributed by atoms with E-state index in [1.165, 1.54) is 23.5 Å². The molecule has 0 aliphatic carbocycles. The molecule has 116 valence electrons. The molecule has 2 aromatic heterocycles. The van der Waals surface area contributed by atoms with Crippen LogP contribution in [0.15, 0.2) is 56.1 Å². The first-order chi connectivity index (χ1) is 11.0. The van der Waals surface area contributed by atoms with Crippen molar-refractivity contribution in [3.63, 3.8) is 0 Å². The van der Waals surface area contributed by atoms with Crippen LogP contribution in [0.3, 0.4) is 0 Å². The fourth-order valence-corrected chi connectivity index (χ4v) is 2.67. The third-order valence-electron chi connectivity index (χ3n) is 3.20. The molecule has 2 heterocycles. The van der Waals surface area contributed by atoms with Gasteiger partial charge in [0.25, 0.3) is 5.91 Å². The second-order valence-electron chi connectivity index (χ2n) is 4.78. The van der Waals surface area contributed by atoms with E-state index in [0.717, 1.165) is 0 Å². The van der Waals surface area contributed by atoms with Crippen molar-refractivity contribution < 1.29 is 14.3 Å². The highest BCUT2D eigenvalue weighted by atomic mass is 32.1. The molecule has 0 atom stereocenters. The Balaban J connectivity index is 1.91. The van der Waals surface area contributed by atoms with Crippen LogP contribution in [-0.2, 0) is 0 Å². The van der Waals surface area contributed by atoms with Gasteiger partial charge in [-0.15, -0.1) is 11.3 Å². The summed E-state index contributed by atoms with van der Waals surface area (Å²) in [6, 6.07) is 9.37. The number of nitrogens with zero attached hydrogens (tertiary/aromatic N) is 1. The first-order valence-corrected chi connectivity index (χ1v) is 7.58. The molecule has 2 N–H and O–H groups in total. The van der Waals surface area contributed by atoms with Gasteiger partial charge in [0.05, 0.1) is 10.6 Å². The van der Waals surface area contributed by atoms with Crippen molar-refractivity contribution in [2.24, 2.45) is 5.10 Å². The average molecular weight is 328 g/mol. The summed E-state index contributed by atoms with van der Waals surface area (Å²) in [7, 11) is 0. The molecule has 0 radical (unpaired) electrons. The van der Waals surface area contributed by atoms with Gasteiger partial charge in [0.2, 0.25) is 0 Å². The van der Waals surface area contributed by atoms with E-state index < -0.39 is 5.63 Å². The molecule has 0 aliphatic heterocycles. The number of phenols is 1. The molecule has 3 rings (SSSR count). The van der Waals surface area contributed by atoms with Gasteiger partial charge in [0.15, 0.2) is 0 Å². The van der Waals surface area contributed by atoms with Gasteiger partial charge in [-0.3, -0.25) is 4.79 Å². The minimum absolute atomic E-state index is 0.0847. The molecule has 0 spiro atoms. The fourth-order valence-electron chi connectivity index (χ4n) is 2.05. The highest BCUT2D eigenvalue weighted by Crippen LogP contribution is 2.24. The Kier molecular flexibility index (Phi) is 3.94. The standard InChI is InChI=1S/C16H12N2O4S/c1-9(17-18-16(21)14-3-2-6-23-14)11-7-10-4-5-15(20)22-13(10)8-12(11)19/h2-8,19H,1H3,(H,18,21)/b17-9+. The lowest BCUT2D eigenvalue weighted by Crippen LogP contribution is -2.18. The quantitative estimate of drug-likeness (QED) is 0.439. The Morgan fingerprint density at radius 2 is 2.13 bits per heavy atom. The average Bonchev–Trinajstić information content (AvgIpc) is 3.06. The Morgan fingerprint density at radius 3 is 2.87 bits per heavy atom. The van der Waals surface area contributed by atoms with E-state index in [9.17, 15) is 14.7 Å².